The van der Waals surface area contributed by atoms with Gasteiger partial charge in [0, 0.05) is 5.92 Å². The molecule has 1 saturated carbocycles. The van der Waals surface area contributed by atoms with E-state index in [1.54, 1.807) is 0 Å². The first-order chi connectivity index (χ1) is 4.90. The number of hydrogen-bond acceptors (Lipinski definition) is 0. The molecule has 0 heteroatoms. The van der Waals surface area contributed by atoms with Gasteiger partial charge >= 0.3 is 0 Å². The van der Waals surface area contributed by atoms with Crippen LogP contribution in [0, 0.1) is 29.6 Å². The van der Waals surface area contributed by atoms with Crippen LogP contribution < -0.4 is 0 Å². The van der Waals surface area contributed by atoms with Crippen molar-refractivity contribution in [2.75, 3.05) is 0 Å². The maximum absolute atomic E-state index is 3.27. The Kier molecular flexibility index (Phi) is 1.31. The summed E-state index contributed by atoms with van der Waals surface area (Å²) in [6.07, 6.45) is 7.41. The van der Waals surface area contributed by atoms with Crippen LogP contribution >= 0.6 is 0 Å². The lowest BCUT2D eigenvalue weighted by Gasteiger charge is -2.09. The largest absolute Gasteiger partial charge is 0.106 e. The van der Waals surface area contributed by atoms with Gasteiger partial charge in [-0.05, 0) is 31.6 Å². The molecule has 2 rings (SSSR count). The molecule has 3 atom stereocenters. The van der Waals surface area contributed by atoms with Crippen LogP contribution in [-0.2, 0) is 0 Å². The zero-order valence-electron chi connectivity index (χ0n) is 6.30. The van der Waals surface area contributed by atoms with E-state index >= 15 is 0 Å². The first-order valence-electron chi connectivity index (χ1n) is 4.01. The fourth-order valence-corrected chi connectivity index (χ4v) is 2.13. The molecular weight excluding hydrogens is 120 g/mol. The Bertz CT molecular complexity index is 214. The van der Waals surface area contributed by atoms with E-state index in [0.717, 1.165) is 11.8 Å². The topological polar surface area (TPSA) is 0 Å². The number of fused-ring (bicyclic) bond motifs is 2. The van der Waals surface area contributed by atoms with Gasteiger partial charge < -0.3 is 0 Å². The molecule has 0 saturated heterocycles. The molecule has 0 nitrogen and oxygen atoms in total. The van der Waals surface area contributed by atoms with Gasteiger partial charge in [0.05, 0.1) is 0 Å². The molecule has 3 unspecified atom stereocenters. The van der Waals surface area contributed by atoms with E-state index in [0.29, 0.717) is 5.92 Å². The maximum Gasteiger partial charge on any atom is 0.0271 e. The smallest absolute Gasteiger partial charge is 0.0271 e. The van der Waals surface area contributed by atoms with E-state index < -0.39 is 0 Å². The van der Waals surface area contributed by atoms with Gasteiger partial charge in [0.25, 0.3) is 0 Å². The summed E-state index contributed by atoms with van der Waals surface area (Å²) in [5, 5.41) is 0. The fraction of sp³-hybridized carbons (Fsp3) is 0.600. The molecule has 0 aromatic rings. The monoisotopic (exact) mass is 132 g/mol. The van der Waals surface area contributed by atoms with E-state index in [2.05, 4.69) is 24.0 Å². The van der Waals surface area contributed by atoms with Crippen LogP contribution in [0.5, 0.6) is 0 Å². The Morgan fingerprint density at radius 1 is 1.30 bits per heavy atom. The zero-order valence-corrected chi connectivity index (χ0v) is 6.30. The van der Waals surface area contributed by atoms with Gasteiger partial charge in [-0.15, -0.1) is 5.92 Å². The van der Waals surface area contributed by atoms with Crippen molar-refractivity contribution in [2.24, 2.45) is 17.8 Å². The van der Waals surface area contributed by atoms with Crippen molar-refractivity contribution in [1.82, 2.24) is 0 Å². The predicted molar refractivity (Wildman–Crippen MR) is 42.3 cm³/mol. The van der Waals surface area contributed by atoms with Gasteiger partial charge in [-0.2, -0.15) is 0 Å². The highest BCUT2D eigenvalue weighted by molar-refractivity contribution is 5.18. The van der Waals surface area contributed by atoms with E-state index in [1.807, 2.05) is 6.92 Å². The van der Waals surface area contributed by atoms with E-state index in [1.165, 1.54) is 12.8 Å². The standard InChI is InChI=1S/C10H12/c1-2-3-9-6-8-4-5-10(9)7-8/h4-5,8-10H,6-7H2,1H3. The molecule has 0 heterocycles. The predicted octanol–water partition coefficient (Wildman–Crippen LogP) is 2.22. The molecule has 0 amide bonds. The number of rotatable bonds is 0. The number of hydrogen-bond donors (Lipinski definition) is 0. The summed E-state index contributed by atoms with van der Waals surface area (Å²) in [4.78, 5) is 0. The summed E-state index contributed by atoms with van der Waals surface area (Å²) in [6.45, 7) is 1.94. The van der Waals surface area contributed by atoms with Gasteiger partial charge in [-0.1, -0.05) is 18.1 Å². The number of allylic oxidation sites excluding steroid dienone is 2. The highest BCUT2D eigenvalue weighted by atomic mass is 14.4. The zero-order chi connectivity index (χ0) is 6.97. The normalized spacial score (nSPS) is 41.5. The lowest BCUT2D eigenvalue weighted by Crippen LogP contribution is -2.02. The van der Waals surface area contributed by atoms with Gasteiger partial charge in [0.1, 0.15) is 0 Å². The van der Waals surface area contributed by atoms with Crippen LogP contribution in [0.4, 0.5) is 0 Å². The van der Waals surface area contributed by atoms with Crippen LogP contribution in [0.1, 0.15) is 19.8 Å². The second-order valence-electron chi connectivity index (χ2n) is 3.28. The molecule has 0 aromatic carbocycles. The molecule has 0 radical (unpaired) electrons. The van der Waals surface area contributed by atoms with Crippen molar-refractivity contribution < 1.29 is 0 Å². The van der Waals surface area contributed by atoms with Gasteiger partial charge in [0.15, 0.2) is 0 Å². The molecule has 2 aliphatic carbocycles. The lowest BCUT2D eigenvalue weighted by atomic mass is 9.94. The third-order valence-electron chi connectivity index (χ3n) is 2.61. The van der Waals surface area contributed by atoms with Crippen LogP contribution in [0.2, 0.25) is 0 Å². The summed E-state index contributed by atoms with van der Waals surface area (Å²) < 4.78 is 0. The van der Waals surface area contributed by atoms with E-state index in [4.69, 9.17) is 0 Å². The summed E-state index contributed by atoms with van der Waals surface area (Å²) in [5.41, 5.74) is 0. The first kappa shape index (κ1) is 6.04. The van der Waals surface area contributed by atoms with Gasteiger partial charge in [0.2, 0.25) is 0 Å². The second kappa shape index (κ2) is 2.16. The summed E-state index contributed by atoms with van der Waals surface area (Å²) in [7, 11) is 0. The van der Waals surface area contributed by atoms with Crippen molar-refractivity contribution in [2.45, 2.75) is 19.8 Å². The van der Waals surface area contributed by atoms with Crippen LogP contribution in [0.3, 0.4) is 0 Å². The second-order valence-corrected chi connectivity index (χ2v) is 3.28. The highest BCUT2D eigenvalue weighted by Gasteiger charge is 2.34. The third kappa shape index (κ3) is 0.778. The SMILES string of the molecule is CC#CC1CC2C=CC1C2. The minimum Gasteiger partial charge on any atom is -0.106 e. The fourth-order valence-electron chi connectivity index (χ4n) is 2.13. The average Bonchev–Trinajstić information content (AvgIpc) is 2.48. The Morgan fingerprint density at radius 3 is 2.70 bits per heavy atom. The van der Waals surface area contributed by atoms with Crippen LogP contribution in [0.15, 0.2) is 12.2 Å². The van der Waals surface area contributed by atoms with Crippen molar-refractivity contribution >= 4 is 0 Å². The Hall–Kier alpha value is -0.700. The van der Waals surface area contributed by atoms with E-state index in [9.17, 15) is 0 Å². The molecule has 0 N–H and O–H groups in total. The van der Waals surface area contributed by atoms with Crippen LogP contribution in [-0.4, -0.2) is 0 Å². The molecular formula is C10H12. The molecule has 0 aromatic heterocycles. The molecule has 1 fully saturated rings. The molecule has 0 aliphatic heterocycles. The van der Waals surface area contributed by atoms with Crippen LogP contribution in [0.25, 0.3) is 0 Å². The van der Waals surface area contributed by atoms with Crippen molar-refractivity contribution in [1.29, 1.82) is 0 Å². The molecule has 0 spiro atoms. The van der Waals surface area contributed by atoms with E-state index in [-0.39, 0.29) is 0 Å². The molecule has 2 aliphatic rings. The summed E-state index contributed by atoms with van der Waals surface area (Å²) in [6, 6.07) is 0. The van der Waals surface area contributed by atoms with Gasteiger partial charge in [-0.25, -0.2) is 0 Å². The summed E-state index contributed by atoms with van der Waals surface area (Å²) >= 11 is 0. The highest BCUT2D eigenvalue weighted by Crippen LogP contribution is 2.42. The first-order valence-corrected chi connectivity index (χ1v) is 4.01. The maximum atomic E-state index is 3.27. The Labute approximate surface area is 62.3 Å². The molecule has 2 bridgehead atoms. The summed E-state index contributed by atoms with van der Waals surface area (Å²) in [5.74, 6) is 8.65. The lowest BCUT2D eigenvalue weighted by molar-refractivity contribution is 0.569. The average molecular weight is 132 g/mol. The quantitative estimate of drug-likeness (QED) is 0.350. The third-order valence-corrected chi connectivity index (χ3v) is 2.61. The van der Waals surface area contributed by atoms with Crippen molar-refractivity contribution in [3.05, 3.63) is 12.2 Å². The van der Waals surface area contributed by atoms with Gasteiger partial charge in [-0.3, -0.25) is 0 Å². The van der Waals surface area contributed by atoms with Crippen molar-refractivity contribution in [3.8, 4) is 11.8 Å². The Morgan fingerprint density at radius 2 is 2.20 bits per heavy atom. The minimum absolute atomic E-state index is 0.694. The molecule has 52 valence electrons. The Balaban J connectivity index is 2.14. The van der Waals surface area contributed by atoms with Crippen molar-refractivity contribution in [3.63, 3.8) is 0 Å². The minimum atomic E-state index is 0.694. The molecule has 10 heavy (non-hydrogen) atoms.